The Morgan fingerprint density at radius 3 is 2.93 bits per heavy atom. The first-order valence-corrected chi connectivity index (χ1v) is 5.22. The van der Waals surface area contributed by atoms with Gasteiger partial charge in [0, 0.05) is 17.3 Å². The lowest BCUT2D eigenvalue weighted by Crippen LogP contribution is -2.09. The highest BCUT2D eigenvalue weighted by atomic mass is 16.5. The molecular formula is C12H17NO. The SMILES string of the molecule is CC1Cc2c(cccc2OC(C)C)N1. The van der Waals surface area contributed by atoms with Gasteiger partial charge in [0.2, 0.25) is 0 Å². The van der Waals surface area contributed by atoms with Crippen LogP contribution in [0.15, 0.2) is 18.2 Å². The number of ether oxygens (including phenoxy) is 1. The zero-order valence-electron chi connectivity index (χ0n) is 9.00. The third-order valence-electron chi connectivity index (χ3n) is 2.41. The van der Waals surface area contributed by atoms with Gasteiger partial charge in [-0.3, -0.25) is 0 Å². The first-order chi connectivity index (χ1) is 6.66. The highest BCUT2D eigenvalue weighted by Gasteiger charge is 2.20. The van der Waals surface area contributed by atoms with E-state index in [1.54, 1.807) is 0 Å². The average Bonchev–Trinajstić information content (AvgIpc) is 2.45. The van der Waals surface area contributed by atoms with Crippen molar-refractivity contribution in [2.24, 2.45) is 0 Å². The average molecular weight is 191 g/mol. The summed E-state index contributed by atoms with van der Waals surface area (Å²) in [5.74, 6) is 1.04. The Morgan fingerprint density at radius 2 is 2.21 bits per heavy atom. The fourth-order valence-electron chi connectivity index (χ4n) is 1.90. The maximum atomic E-state index is 5.77. The van der Waals surface area contributed by atoms with Gasteiger partial charge < -0.3 is 10.1 Å². The molecule has 1 atom stereocenters. The Kier molecular flexibility index (Phi) is 2.36. The second-order valence-corrected chi connectivity index (χ2v) is 4.20. The zero-order valence-corrected chi connectivity index (χ0v) is 9.00. The molecule has 2 nitrogen and oxygen atoms in total. The Bertz CT molecular complexity index is 333. The van der Waals surface area contributed by atoms with Gasteiger partial charge in [0.15, 0.2) is 0 Å². The molecule has 0 bridgehead atoms. The summed E-state index contributed by atoms with van der Waals surface area (Å²) in [5, 5.41) is 3.43. The van der Waals surface area contributed by atoms with Crippen molar-refractivity contribution >= 4 is 5.69 Å². The molecule has 1 aromatic carbocycles. The maximum Gasteiger partial charge on any atom is 0.125 e. The highest BCUT2D eigenvalue weighted by Crippen LogP contribution is 2.33. The monoisotopic (exact) mass is 191 g/mol. The summed E-state index contributed by atoms with van der Waals surface area (Å²) in [5.41, 5.74) is 2.56. The minimum absolute atomic E-state index is 0.248. The molecular weight excluding hydrogens is 174 g/mol. The van der Waals surface area contributed by atoms with Crippen LogP contribution in [0.1, 0.15) is 26.3 Å². The molecule has 1 aliphatic rings. The molecule has 0 radical (unpaired) electrons. The van der Waals surface area contributed by atoms with Crippen LogP contribution in [-0.2, 0) is 6.42 Å². The molecule has 14 heavy (non-hydrogen) atoms. The number of fused-ring (bicyclic) bond motifs is 1. The lowest BCUT2D eigenvalue weighted by atomic mass is 10.1. The molecule has 0 aliphatic carbocycles. The molecule has 0 saturated heterocycles. The van der Waals surface area contributed by atoms with E-state index in [2.05, 4.69) is 38.2 Å². The van der Waals surface area contributed by atoms with Crippen molar-refractivity contribution in [3.63, 3.8) is 0 Å². The minimum Gasteiger partial charge on any atom is -0.491 e. The van der Waals surface area contributed by atoms with E-state index in [0.717, 1.165) is 12.2 Å². The zero-order chi connectivity index (χ0) is 10.1. The first kappa shape index (κ1) is 9.38. The van der Waals surface area contributed by atoms with E-state index in [4.69, 9.17) is 4.74 Å². The molecule has 1 unspecified atom stereocenters. The van der Waals surface area contributed by atoms with Crippen molar-refractivity contribution in [2.45, 2.75) is 39.3 Å². The molecule has 0 fully saturated rings. The summed E-state index contributed by atoms with van der Waals surface area (Å²) in [6.45, 7) is 6.32. The number of rotatable bonds is 2. The van der Waals surface area contributed by atoms with Gasteiger partial charge in [-0.25, -0.2) is 0 Å². The van der Waals surface area contributed by atoms with E-state index in [1.165, 1.54) is 11.3 Å². The molecule has 1 N–H and O–H groups in total. The lowest BCUT2D eigenvalue weighted by molar-refractivity contribution is 0.240. The summed E-state index contributed by atoms with van der Waals surface area (Å²) in [7, 11) is 0. The molecule has 1 aliphatic heterocycles. The van der Waals surface area contributed by atoms with Crippen LogP contribution in [0.2, 0.25) is 0 Å². The Morgan fingerprint density at radius 1 is 1.43 bits per heavy atom. The van der Waals surface area contributed by atoms with Crippen molar-refractivity contribution in [3.8, 4) is 5.75 Å². The van der Waals surface area contributed by atoms with Crippen LogP contribution in [0, 0.1) is 0 Å². The van der Waals surface area contributed by atoms with E-state index in [1.807, 2.05) is 6.07 Å². The van der Waals surface area contributed by atoms with Crippen LogP contribution in [0.4, 0.5) is 5.69 Å². The van der Waals surface area contributed by atoms with Gasteiger partial charge in [0.25, 0.3) is 0 Å². The van der Waals surface area contributed by atoms with E-state index < -0.39 is 0 Å². The molecule has 0 amide bonds. The Hall–Kier alpha value is -1.18. The van der Waals surface area contributed by atoms with Crippen molar-refractivity contribution in [3.05, 3.63) is 23.8 Å². The molecule has 2 rings (SSSR count). The number of hydrogen-bond acceptors (Lipinski definition) is 2. The number of benzene rings is 1. The molecule has 76 valence electrons. The summed E-state index contributed by atoms with van der Waals surface area (Å²) in [6, 6.07) is 6.74. The van der Waals surface area contributed by atoms with Gasteiger partial charge in [0.05, 0.1) is 6.10 Å². The summed E-state index contributed by atoms with van der Waals surface area (Å²) < 4.78 is 5.77. The lowest BCUT2D eigenvalue weighted by Gasteiger charge is -2.12. The summed E-state index contributed by atoms with van der Waals surface area (Å²) in [6.07, 6.45) is 1.32. The van der Waals surface area contributed by atoms with E-state index >= 15 is 0 Å². The van der Waals surface area contributed by atoms with Crippen molar-refractivity contribution in [1.82, 2.24) is 0 Å². The third kappa shape index (κ3) is 1.69. The van der Waals surface area contributed by atoms with Crippen LogP contribution in [0.5, 0.6) is 5.75 Å². The van der Waals surface area contributed by atoms with Crippen molar-refractivity contribution < 1.29 is 4.74 Å². The number of anilines is 1. The predicted molar refractivity (Wildman–Crippen MR) is 59.0 cm³/mol. The van der Waals surface area contributed by atoms with Crippen LogP contribution in [0.3, 0.4) is 0 Å². The molecule has 1 aromatic rings. The second kappa shape index (κ2) is 3.52. The number of nitrogens with one attached hydrogen (secondary N) is 1. The Balaban J connectivity index is 2.30. The second-order valence-electron chi connectivity index (χ2n) is 4.20. The van der Waals surface area contributed by atoms with Crippen LogP contribution in [0.25, 0.3) is 0 Å². The summed E-state index contributed by atoms with van der Waals surface area (Å²) >= 11 is 0. The smallest absolute Gasteiger partial charge is 0.125 e. The first-order valence-electron chi connectivity index (χ1n) is 5.22. The predicted octanol–water partition coefficient (Wildman–Crippen LogP) is 2.83. The van der Waals surface area contributed by atoms with Gasteiger partial charge in [0.1, 0.15) is 5.75 Å². The molecule has 0 spiro atoms. The van der Waals surface area contributed by atoms with Gasteiger partial charge >= 0.3 is 0 Å². The van der Waals surface area contributed by atoms with Crippen LogP contribution < -0.4 is 10.1 Å². The third-order valence-corrected chi connectivity index (χ3v) is 2.41. The summed E-state index contributed by atoms with van der Waals surface area (Å²) in [4.78, 5) is 0. The molecule has 0 aromatic heterocycles. The van der Waals surface area contributed by atoms with E-state index in [0.29, 0.717) is 6.04 Å². The topological polar surface area (TPSA) is 21.3 Å². The maximum absolute atomic E-state index is 5.77. The minimum atomic E-state index is 0.248. The Labute approximate surface area is 85.3 Å². The quantitative estimate of drug-likeness (QED) is 0.776. The fourth-order valence-corrected chi connectivity index (χ4v) is 1.90. The van der Waals surface area contributed by atoms with E-state index in [9.17, 15) is 0 Å². The van der Waals surface area contributed by atoms with Crippen molar-refractivity contribution in [2.75, 3.05) is 5.32 Å². The van der Waals surface area contributed by atoms with Gasteiger partial charge in [-0.1, -0.05) is 6.07 Å². The van der Waals surface area contributed by atoms with Gasteiger partial charge in [-0.05, 0) is 39.3 Å². The molecule has 1 heterocycles. The van der Waals surface area contributed by atoms with Crippen molar-refractivity contribution in [1.29, 1.82) is 0 Å². The van der Waals surface area contributed by atoms with Crippen LogP contribution >= 0.6 is 0 Å². The van der Waals surface area contributed by atoms with Gasteiger partial charge in [-0.2, -0.15) is 0 Å². The van der Waals surface area contributed by atoms with Gasteiger partial charge in [-0.15, -0.1) is 0 Å². The standard InChI is InChI=1S/C12H17NO/c1-8(2)14-12-6-4-5-11-10(12)7-9(3)13-11/h4-6,8-9,13H,7H2,1-3H3. The largest absolute Gasteiger partial charge is 0.491 e. The van der Waals surface area contributed by atoms with Crippen LogP contribution in [-0.4, -0.2) is 12.1 Å². The molecule has 0 saturated carbocycles. The highest BCUT2D eigenvalue weighted by molar-refractivity contribution is 5.62. The molecule has 2 heteroatoms. The van der Waals surface area contributed by atoms with E-state index in [-0.39, 0.29) is 6.10 Å². The fraction of sp³-hybridized carbons (Fsp3) is 0.500. The normalized spacial score (nSPS) is 19.3. The number of hydrogen-bond donors (Lipinski definition) is 1.